The van der Waals surface area contributed by atoms with Crippen LogP contribution in [0.1, 0.15) is 25.7 Å². The minimum absolute atomic E-state index is 0.0445. The summed E-state index contributed by atoms with van der Waals surface area (Å²) in [7, 11) is 1.89. The van der Waals surface area contributed by atoms with Crippen molar-refractivity contribution in [2.45, 2.75) is 31.8 Å². The Hall–Kier alpha value is -2.71. The van der Waals surface area contributed by atoms with Gasteiger partial charge in [0.05, 0.1) is 22.9 Å². The Labute approximate surface area is 145 Å². The largest absolute Gasteiger partial charge is 0.340 e. The lowest BCUT2D eigenvalue weighted by Crippen LogP contribution is -2.31. The zero-order valence-electron chi connectivity index (χ0n) is 13.9. The van der Waals surface area contributed by atoms with Gasteiger partial charge >= 0.3 is 0 Å². The van der Waals surface area contributed by atoms with Crippen molar-refractivity contribution in [3.8, 4) is 0 Å². The molecule has 0 amide bonds. The van der Waals surface area contributed by atoms with Crippen LogP contribution in [0.25, 0.3) is 0 Å². The van der Waals surface area contributed by atoms with E-state index in [1.54, 1.807) is 23.5 Å². The number of pyridine rings is 1. The number of hydrazine groups is 1. The molecule has 8 nitrogen and oxygen atoms in total. The number of nitro benzene ring substituents is 1. The molecule has 0 radical (unpaired) electrons. The van der Waals surface area contributed by atoms with Gasteiger partial charge in [0.25, 0.3) is 5.69 Å². The van der Waals surface area contributed by atoms with E-state index in [9.17, 15) is 10.1 Å². The Morgan fingerprint density at radius 2 is 2.12 bits per heavy atom. The minimum atomic E-state index is -0.414. The van der Waals surface area contributed by atoms with Crippen molar-refractivity contribution >= 4 is 28.6 Å². The van der Waals surface area contributed by atoms with Crippen molar-refractivity contribution in [1.29, 1.82) is 0 Å². The molecule has 0 bridgehead atoms. The van der Waals surface area contributed by atoms with Gasteiger partial charge < -0.3 is 5.32 Å². The first-order valence-electron chi connectivity index (χ1n) is 8.34. The summed E-state index contributed by atoms with van der Waals surface area (Å²) in [6, 6.07) is 8.27. The van der Waals surface area contributed by atoms with E-state index in [1.165, 1.54) is 25.0 Å². The molecule has 0 saturated heterocycles. The van der Waals surface area contributed by atoms with Crippen LogP contribution in [-0.4, -0.2) is 28.2 Å². The molecule has 130 valence electrons. The number of hydrogen-bond donors (Lipinski definition) is 1. The molecule has 1 N–H and O–H groups in total. The molecule has 2 heterocycles. The molecule has 4 rings (SSSR count). The Morgan fingerprint density at radius 3 is 2.88 bits per heavy atom. The third kappa shape index (κ3) is 3.26. The van der Waals surface area contributed by atoms with Gasteiger partial charge in [-0.1, -0.05) is 24.1 Å². The van der Waals surface area contributed by atoms with Gasteiger partial charge in [-0.15, -0.1) is 0 Å². The van der Waals surface area contributed by atoms with Crippen molar-refractivity contribution in [2.24, 2.45) is 0 Å². The number of rotatable bonds is 6. The number of fused-ring (bicyclic) bond motifs is 1. The lowest BCUT2D eigenvalue weighted by atomic mass is 10.3. The van der Waals surface area contributed by atoms with Gasteiger partial charge in [-0.2, -0.15) is 0 Å². The Kier molecular flexibility index (Phi) is 3.98. The Morgan fingerprint density at radius 1 is 1.32 bits per heavy atom. The molecule has 0 unspecified atom stereocenters. The average Bonchev–Trinajstić information content (AvgIpc) is 3.08. The van der Waals surface area contributed by atoms with Crippen molar-refractivity contribution in [1.82, 2.24) is 10.2 Å². The van der Waals surface area contributed by atoms with Gasteiger partial charge in [0.1, 0.15) is 11.5 Å². The summed E-state index contributed by atoms with van der Waals surface area (Å²) in [6.45, 7) is 0. The molecule has 2 aromatic rings. The smallest absolute Gasteiger partial charge is 0.271 e. The highest BCUT2D eigenvalue weighted by Crippen LogP contribution is 2.49. The molecule has 1 aliphatic heterocycles. The Bertz CT molecular complexity index is 807. The van der Waals surface area contributed by atoms with Crippen LogP contribution in [0.5, 0.6) is 0 Å². The summed E-state index contributed by atoms with van der Waals surface area (Å²) in [5, 5.41) is 17.7. The average molecular weight is 341 g/mol. The summed E-state index contributed by atoms with van der Waals surface area (Å²) in [5.41, 5.74) is 2.70. The summed E-state index contributed by atoms with van der Waals surface area (Å²) in [5.74, 6) is 0.635. The fourth-order valence-corrected chi connectivity index (χ4v) is 3.21. The van der Waals surface area contributed by atoms with Gasteiger partial charge in [-0.25, -0.2) is 9.99 Å². The highest BCUT2D eigenvalue weighted by Gasteiger charge is 2.36. The van der Waals surface area contributed by atoms with Gasteiger partial charge in [-0.05, 0) is 18.9 Å². The maximum absolute atomic E-state index is 10.9. The van der Waals surface area contributed by atoms with Crippen molar-refractivity contribution in [3.05, 3.63) is 46.6 Å². The van der Waals surface area contributed by atoms with Crippen LogP contribution in [0, 0.1) is 10.1 Å². The SMILES string of the molecule is CN(OC1CCCC1)N1c2cnc(Nc3cccc([N+](=O)[O-])c3)cc21. The number of nitrogens with zero attached hydrogens (tertiary/aromatic N) is 4. The first-order valence-corrected chi connectivity index (χ1v) is 8.34. The zero-order valence-corrected chi connectivity index (χ0v) is 13.9. The number of hydroxylamine groups is 1. The van der Waals surface area contributed by atoms with Gasteiger partial charge in [0.15, 0.2) is 0 Å². The zero-order chi connectivity index (χ0) is 17.4. The maximum atomic E-state index is 10.9. The first-order chi connectivity index (χ1) is 12.1. The molecule has 1 fully saturated rings. The molecule has 0 atom stereocenters. The minimum Gasteiger partial charge on any atom is -0.340 e. The van der Waals surface area contributed by atoms with Crippen LogP contribution in [0.3, 0.4) is 0 Å². The molecule has 1 saturated carbocycles. The summed E-state index contributed by atoms with van der Waals surface area (Å²) in [4.78, 5) is 20.8. The van der Waals surface area contributed by atoms with Crippen LogP contribution in [0.4, 0.5) is 28.6 Å². The van der Waals surface area contributed by atoms with E-state index in [1.807, 2.05) is 18.1 Å². The van der Waals surface area contributed by atoms with Crippen molar-refractivity contribution in [3.63, 3.8) is 0 Å². The highest BCUT2D eigenvalue weighted by molar-refractivity contribution is 5.92. The van der Waals surface area contributed by atoms with E-state index >= 15 is 0 Å². The van der Waals surface area contributed by atoms with Crippen LogP contribution >= 0.6 is 0 Å². The predicted octanol–water partition coefficient (Wildman–Crippen LogP) is 3.91. The highest BCUT2D eigenvalue weighted by atomic mass is 16.7. The third-order valence-electron chi connectivity index (χ3n) is 4.48. The van der Waals surface area contributed by atoms with E-state index in [-0.39, 0.29) is 11.8 Å². The monoisotopic (exact) mass is 341 g/mol. The van der Waals surface area contributed by atoms with Gasteiger partial charge in [0.2, 0.25) is 0 Å². The van der Waals surface area contributed by atoms with E-state index in [4.69, 9.17) is 4.84 Å². The van der Waals surface area contributed by atoms with Crippen LogP contribution < -0.4 is 10.3 Å². The van der Waals surface area contributed by atoms with Crippen LogP contribution in [0.2, 0.25) is 0 Å². The number of nitro groups is 1. The van der Waals surface area contributed by atoms with Crippen LogP contribution in [-0.2, 0) is 4.84 Å². The second-order valence-corrected chi connectivity index (χ2v) is 6.28. The van der Waals surface area contributed by atoms with E-state index < -0.39 is 4.92 Å². The number of hydrogen-bond acceptors (Lipinski definition) is 7. The lowest BCUT2D eigenvalue weighted by molar-refractivity contribution is -0.384. The molecule has 25 heavy (non-hydrogen) atoms. The fourth-order valence-electron chi connectivity index (χ4n) is 3.21. The normalized spacial score (nSPS) is 16.2. The number of anilines is 4. The molecular weight excluding hydrogens is 322 g/mol. The molecular formula is C17H19N5O3. The quantitative estimate of drug-likeness (QED) is 0.484. The lowest BCUT2D eigenvalue weighted by Gasteiger charge is -2.22. The molecule has 2 aliphatic rings. The van der Waals surface area contributed by atoms with E-state index in [0.717, 1.165) is 24.2 Å². The van der Waals surface area contributed by atoms with Crippen molar-refractivity contribution < 1.29 is 9.76 Å². The van der Waals surface area contributed by atoms with Gasteiger partial charge in [0, 0.05) is 30.9 Å². The summed E-state index contributed by atoms with van der Waals surface area (Å²) < 4.78 is 0. The molecule has 1 aromatic carbocycles. The molecule has 1 aliphatic carbocycles. The van der Waals surface area contributed by atoms with Gasteiger partial charge in [-0.3, -0.25) is 15.0 Å². The maximum Gasteiger partial charge on any atom is 0.271 e. The number of nitrogens with one attached hydrogen (secondary N) is 1. The predicted molar refractivity (Wildman–Crippen MR) is 93.9 cm³/mol. The first kappa shape index (κ1) is 15.8. The number of benzene rings is 1. The fraction of sp³-hybridized carbons (Fsp3) is 0.353. The standard InChI is InChI=1S/C17H19N5O3/c1-20(25-14-7-2-3-8-14)21-15-10-17(18-11-16(15)21)19-12-5-4-6-13(9-12)22(23)24/h4-6,9-11,14H,2-3,7-8H2,1H3,(H,18,19). The van der Waals surface area contributed by atoms with Crippen LogP contribution in [0.15, 0.2) is 36.5 Å². The molecule has 0 spiro atoms. The third-order valence-corrected chi connectivity index (χ3v) is 4.48. The van der Waals surface area contributed by atoms with E-state index in [2.05, 4.69) is 10.3 Å². The second kappa shape index (κ2) is 6.30. The summed E-state index contributed by atoms with van der Waals surface area (Å²) >= 11 is 0. The van der Waals surface area contributed by atoms with Crippen molar-refractivity contribution in [2.75, 3.05) is 17.4 Å². The van der Waals surface area contributed by atoms with E-state index in [0.29, 0.717) is 11.5 Å². The Balaban J connectivity index is 1.42. The number of aromatic nitrogens is 1. The second-order valence-electron chi connectivity index (χ2n) is 6.28. The topological polar surface area (TPSA) is 83.5 Å². The summed E-state index contributed by atoms with van der Waals surface area (Å²) in [6.07, 6.45) is 6.72. The molecule has 8 heteroatoms. The molecule has 1 aromatic heterocycles. The number of non-ortho nitro benzene ring substituents is 1.